The second-order valence-electron chi connectivity index (χ2n) is 7.08. The van der Waals surface area contributed by atoms with E-state index in [0.717, 1.165) is 42.8 Å². The molecule has 0 bridgehead atoms. The van der Waals surface area contributed by atoms with Gasteiger partial charge in [-0.1, -0.05) is 12.1 Å². The fourth-order valence-electron chi connectivity index (χ4n) is 4.01. The van der Waals surface area contributed by atoms with Crippen molar-refractivity contribution in [1.82, 2.24) is 9.80 Å². The molecule has 4 nitrogen and oxygen atoms in total. The number of furan rings is 1. The summed E-state index contributed by atoms with van der Waals surface area (Å²) < 4.78 is 6.05. The molecule has 2 saturated heterocycles. The lowest BCUT2D eigenvalue weighted by Crippen LogP contribution is -2.47. The van der Waals surface area contributed by atoms with E-state index in [1.165, 1.54) is 37.4 Å². The first-order valence-corrected chi connectivity index (χ1v) is 10.6. The topological polar surface area (TPSA) is 43.4 Å². The van der Waals surface area contributed by atoms with Gasteiger partial charge in [0.05, 0.1) is 18.2 Å². The molecule has 0 radical (unpaired) electrons. The lowest BCUT2D eigenvalue weighted by Gasteiger charge is -2.39. The van der Waals surface area contributed by atoms with E-state index in [-0.39, 0.29) is 0 Å². The van der Waals surface area contributed by atoms with E-state index in [1.807, 2.05) is 30.3 Å². The molecule has 0 saturated carbocycles. The third-order valence-electron chi connectivity index (χ3n) is 5.47. The fraction of sp³-hybridized carbons (Fsp3) is 0.476. The van der Waals surface area contributed by atoms with E-state index >= 15 is 0 Å². The van der Waals surface area contributed by atoms with E-state index in [2.05, 4.69) is 33.7 Å². The molecule has 1 aromatic carbocycles. The average Bonchev–Trinajstić information content (AvgIpc) is 3.17. The smallest absolute Gasteiger partial charge is 0.135 e. The minimum absolute atomic E-state index is 0.661. The Labute approximate surface area is 159 Å². The summed E-state index contributed by atoms with van der Waals surface area (Å²) >= 11 is 2.08. The lowest BCUT2D eigenvalue weighted by molar-refractivity contribution is 0.108. The van der Waals surface area contributed by atoms with Crippen molar-refractivity contribution in [2.75, 3.05) is 37.7 Å². The van der Waals surface area contributed by atoms with Gasteiger partial charge in [-0.05, 0) is 37.1 Å². The highest BCUT2D eigenvalue weighted by Gasteiger charge is 2.26. The number of hydrogen-bond donors (Lipinski definition) is 0. The molecule has 3 heterocycles. The number of piperidine rings is 1. The summed E-state index contributed by atoms with van der Waals surface area (Å²) in [5.41, 5.74) is 1.54. The predicted octanol–water partition coefficient (Wildman–Crippen LogP) is 3.83. The lowest BCUT2D eigenvalue weighted by atomic mass is 10.0. The van der Waals surface area contributed by atoms with Gasteiger partial charge in [0.15, 0.2) is 0 Å². The van der Waals surface area contributed by atoms with Crippen molar-refractivity contribution in [2.45, 2.75) is 25.4 Å². The normalized spacial score (nSPS) is 20.1. The Balaban J connectivity index is 1.34. The molecular weight excluding hydrogens is 342 g/mol. The van der Waals surface area contributed by atoms with Crippen molar-refractivity contribution in [3.8, 4) is 17.4 Å². The zero-order valence-corrected chi connectivity index (χ0v) is 15.9. The Morgan fingerprint density at radius 1 is 1.04 bits per heavy atom. The summed E-state index contributed by atoms with van der Waals surface area (Å²) in [4.78, 5) is 5.19. The average molecular weight is 368 g/mol. The zero-order valence-electron chi connectivity index (χ0n) is 15.1. The van der Waals surface area contributed by atoms with Crippen molar-refractivity contribution < 1.29 is 4.42 Å². The summed E-state index contributed by atoms with van der Waals surface area (Å²) in [5.74, 6) is 4.36. The number of hydrogen-bond acceptors (Lipinski definition) is 5. The third kappa shape index (κ3) is 3.98. The molecule has 136 valence electrons. The number of rotatable bonds is 4. The Kier molecular flexibility index (Phi) is 5.64. The van der Waals surface area contributed by atoms with Gasteiger partial charge < -0.3 is 4.42 Å². The molecule has 0 amide bonds. The molecule has 5 heteroatoms. The van der Waals surface area contributed by atoms with Crippen molar-refractivity contribution in [1.29, 1.82) is 5.26 Å². The third-order valence-corrected chi connectivity index (χ3v) is 6.42. The predicted molar refractivity (Wildman–Crippen MR) is 106 cm³/mol. The highest BCUT2D eigenvalue weighted by molar-refractivity contribution is 7.99. The molecule has 2 fully saturated rings. The van der Waals surface area contributed by atoms with Crippen LogP contribution in [0, 0.1) is 11.3 Å². The Bertz CT molecular complexity index is 768. The van der Waals surface area contributed by atoms with Gasteiger partial charge in [-0.2, -0.15) is 17.0 Å². The maximum atomic E-state index is 9.27. The molecule has 1 aromatic heterocycles. The number of likely N-dealkylation sites (tertiary alicyclic amines) is 1. The minimum Gasteiger partial charge on any atom is -0.460 e. The van der Waals surface area contributed by atoms with Crippen LogP contribution in [0.3, 0.4) is 0 Å². The van der Waals surface area contributed by atoms with Crippen LogP contribution in [0.1, 0.15) is 24.2 Å². The van der Waals surface area contributed by atoms with Gasteiger partial charge in [0.25, 0.3) is 0 Å². The molecule has 0 atom stereocenters. The van der Waals surface area contributed by atoms with Gasteiger partial charge in [-0.25, -0.2) is 0 Å². The van der Waals surface area contributed by atoms with Gasteiger partial charge in [0, 0.05) is 49.3 Å². The Morgan fingerprint density at radius 2 is 1.81 bits per heavy atom. The van der Waals surface area contributed by atoms with E-state index in [1.54, 1.807) is 0 Å². The molecule has 2 aliphatic heterocycles. The largest absolute Gasteiger partial charge is 0.460 e. The van der Waals surface area contributed by atoms with Crippen LogP contribution in [0.25, 0.3) is 11.3 Å². The van der Waals surface area contributed by atoms with E-state index in [9.17, 15) is 5.26 Å². The quantitative estimate of drug-likeness (QED) is 0.822. The number of thioether (sulfide) groups is 1. The molecule has 0 spiro atoms. The number of benzene rings is 1. The molecule has 2 aliphatic rings. The summed E-state index contributed by atoms with van der Waals surface area (Å²) in [6.07, 6.45) is 2.52. The molecule has 0 aliphatic carbocycles. The van der Waals surface area contributed by atoms with Gasteiger partial charge in [-0.15, -0.1) is 0 Å². The molecular formula is C21H25N3OS. The maximum absolute atomic E-state index is 9.27. The summed E-state index contributed by atoms with van der Waals surface area (Å²) in [6, 6.07) is 14.7. The Hall–Kier alpha value is -1.74. The fourth-order valence-corrected chi connectivity index (χ4v) is 4.94. The van der Waals surface area contributed by atoms with Crippen LogP contribution in [0.5, 0.6) is 0 Å². The summed E-state index contributed by atoms with van der Waals surface area (Å²) in [5, 5.41) is 9.27. The minimum atomic E-state index is 0.661. The molecule has 2 aromatic rings. The standard InChI is InChI=1S/C21H25N3OS/c22-15-17-3-1-2-4-20(17)21-6-5-19(25-21)16-23-9-7-18(8-10-23)24-11-13-26-14-12-24/h1-6,18H,7-14,16H2. The first kappa shape index (κ1) is 17.7. The van der Waals surface area contributed by atoms with Crippen LogP contribution in [-0.4, -0.2) is 53.5 Å². The van der Waals surface area contributed by atoms with Crippen LogP contribution in [0.4, 0.5) is 0 Å². The second kappa shape index (κ2) is 8.30. The molecule has 0 N–H and O–H groups in total. The zero-order chi connectivity index (χ0) is 17.8. The SMILES string of the molecule is N#Cc1ccccc1-c1ccc(CN2CCC(N3CCSCC3)CC2)o1. The first-order valence-electron chi connectivity index (χ1n) is 9.46. The van der Waals surface area contributed by atoms with Crippen molar-refractivity contribution in [3.05, 3.63) is 47.7 Å². The maximum Gasteiger partial charge on any atom is 0.135 e. The van der Waals surface area contributed by atoms with E-state index in [4.69, 9.17) is 4.42 Å². The van der Waals surface area contributed by atoms with Crippen LogP contribution >= 0.6 is 11.8 Å². The Morgan fingerprint density at radius 3 is 2.58 bits per heavy atom. The van der Waals surface area contributed by atoms with Crippen LogP contribution in [-0.2, 0) is 6.54 Å². The van der Waals surface area contributed by atoms with Gasteiger partial charge in [0.2, 0.25) is 0 Å². The number of nitriles is 1. The van der Waals surface area contributed by atoms with E-state index in [0.29, 0.717) is 5.56 Å². The summed E-state index contributed by atoms with van der Waals surface area (Å²) in [6.45, 7) is 5.65. The van der Waals surface area contributed by atoms with Gasteiger partial charge >= 0.3 is 0 Å². The van der Waals surface area contributed by atoms with Crippen LogP contribution in [0.15, 0.2) is 40.8 Å². The van der Waals surface area contributed by atoms with Gasteiger partial charge in [-0.3, -0.25) is 9.80 Å². The second-order valence-corrected chi connectivity index (χ2v) is 8.30. The van der Waals surface area contributed by atoms with Gasteiger partial charge in [0.1, 0.15) is 11.5 Å². The molecule has 26 heavy (non-hydrogen) atoms. The van der Waals surface area contributed by atoms with Crippen molar-refractivity contribution in [2.24, 2.45) is 0 Å². The highest BCUT2D eigenvalue weighted by atomic mass is 32.2. The van der Waals surface area contributed by atoms with Crippen molar-refractivity contribution >= 4 is 11.8 Å². The van der Waals surface area contributed by atoms with E-state index < -0.39 is 0 Å². The van der Waals surface area contributed by atoms with Crippen LogP contribution < -0.4 is 0 Å². The summed E-state index contributed by atoms with van der Waals surface area (Å²) in [7, 11) is 0. The monoisotopic (exact) mass is 367 g/mol. The van der Waals surface area contributed by atoms with Crippen LogP contribution in [0.2, 0.25) is 0 Å². The molecule has 0 unspecified atom stereocenters. The van der Waals surface area contributed by atoms with Crippen molar-refractivity contribution in [3.63, 3.8) is 0 Å². The highest BCUT2D eigenvalue weighted by Crippen LogP contribution is 2.27. The molecule has 4 rings (SSSR count). The first-order chi connectivity index (χ1) is 12.8. The number of nitrogens with zero attached hydrogens (tertiary/aromatic N) is 3.